The molecule has 0 bridgehead atoms. The van der Waals surface area contributed by atoms with E-state index in [-0.39, 0.29) is 0 Å². The highest BCUT2D eigenvalue weighted by Gasteiger charge is 2.29. The first-order valence-electron chi connectivity index (χ1n) is 3.25. The molecule has 0 spiro atoms. The molecular formula is C6H11F2N. The van der Waals surface area contributed by atoms with Gasteiger partial charge in [0.15, 0.2) is 0 Å². The van der Waals surface area contributed by atoms with Crippen molar-refractivity contribution in [3.63, 3.8) is 0 Å². The number of nitrogens with two attached hydrogens (primary N) is 1. The standard InChI is InChI=1S/C6H11F2N/c7-4-2-1-3-5(8)6(4)9/h4-6H,1-3,9H2. The minimum Gasteiger partial charge on any atom is -0.323 e. The van der Waals surface area contributed by atoms with E-state index in [4.69, 9.17) is 5.73 Å². The molecule has 54 valence electrons. The molecule has 0 heterocycles. The van der Waals surface area contributed by atoms with E-state index in [1.54, 1.807) is 0 Å². The highest BCUT2D eigenvalue weighted by atomic mass is 19.1. The molecule has 0 saturated heterocycles. The van der Waals surface area contributed by atoms with Crippen LogP contribution < -0.4 is 5.73 Å². The Balaban J connectivity index is 2.41. The SMILES string of the molecule is NC1C(F)CCCC1F. The fraction of sp³-hybridized carbons (Fsp3) is 1.00. The van der Waals surface area contributed by atoms with Crippen LogP contribution in [0, 0.1) is 0 Å². The normalized spacial score (nSPS) is 45.0. The monoisotopic (exact) mass is 135 g/mol. The Morgan fingerprint density at radius 1 is 1.11 bits per heavy atom. The van der Waals surface area contributed by atoms with Gasteiger partial charge in [-0.3, -0.25) is 0 Å². The van der Waals surface area contributed by atoms with E-state index in [0.717, 1.165) is 0 Å². The molecule has 1 saturated carbocycles. The lowest BCUT2D eigenvalue weighted by atomic mass is 9.93. The van der Waals surface area contributed by atoms with Crippen LogP contribution in [0.1, 0.15) is 19.3 Å². The van der Waals surface area contributed by atoms with Gasteiger partial charge in [-0.15, -0.1) is 0 Å². The van der Waals surface area contributed by atoms with Crippen LogP contribution in [-0.4, -0.2) is 18.4 Å². The first-order valence-corrected chi connectivity index (χ1v) is 3.25. The summed E-state index contributed by atoms with van der Waals surface area (Å²) in [6.45, 7) is 0. The van der Waals surface area contributed by atoms with Crippen LogP contribution in [0.25, 0.3) is 0 Å². The molecule has 2 atom stereocenters. The van der Waals surface area contributed by atoms with Crippen molar-refractivity contribution in [3.05, 3.63) is 0 Å². The van der Waals surface area contributed by atoms with Gasteiger partial charge in [0, 0.05) is 0 Å². The third kappa shape index (κ3) is 1.39. The molecule has 1 aliphatic rings. The van der Waals surface area contributed by atoms with Crippen molar-refractivity contribution in [3.8, 4) is 0 Å². The summed E-state index contributed by atoms with van der Waals surface area (Å²) in [4.78, 5) is 0. The van der Waals surface area contributed by atoms with Crippen LogP contribution in [0.3, 0.4) is 0 Å². The average molecular weight is 135 g/mol. The average Bonchev–Trinajstić information content (AvgIpc) is 1.83. The van der Waals surface area contributed by atoms with Gasteiger partial charge in [-0.25, -0.2) is 8.78 Å². The molecule has 2 unspecified atom stereocenters. The summed E-state index contributed by atoms with van der Waals surface area (Å²) in [7, 11) is 0. The van der Waals surface area contributed by atoms with E-state index in [1.807, 2.05) is 0 Å². The number of hydrogen-bond donors (Lipinski definition) is 1. The van der Waals surface area contributed by atoms with Crippen molar-refractivity contribution < 1.29 is 8.78 Å². The minimum absolute atomic E-state index is 0.432. The smallest absolute Gasteiger partial charge is 0.118 e. The van der Waals surface area contributed by atoms with E-state index < -0.39 is 18.4 Å². The molecule has 3 heteroatoms. The van der Waals surface area contributed by atoms with Crippen molar-refractivity contribution in [2.75, 3.05) is 0 Å². The molecule has 0 aromatic heterocycles. The van der Waals surface area contributed by atoms with Crippen LogP contribution in [0.15, 0.2) is 0 Å². The van der Waals surface area contributed by atoms with Gasteiger partial charge in [-0.05, 0) is 19.3 Å². The second-order valence-electron chi connectivity index (χ2n) is 2.54. The largest absolute Gasteiger partial charge is 0.323 e. The Kier molecular flexibility index (Phi) is 2.01. The zero-order valence-electron chi connectivity index (χ0n) is 5.19. The van der Waals surface area contributed by atoms with Gasteiger partial charge in [0.2, 0.25) is 0 Å². The molecule has 1 fully saturated rings. The van der Waals surface area contributed by atoms with Crippen molar-refractivity contribution in [2.24, 2.45) is 5.73 Å². The predicted molar refractivity (Wildman–Crippen MR) is 31.6 cm³/mol. The second kappa shape index (κ2) is 2.60. The van der Waals surface area contributed by atoms with Crippen LogP contribution in [-0.2, 0) is 0 Å². The lowest BCUT2D eigenvalue weighted by Gasteiger charge is -2.25. The Hall–Kier alpha value is -0.180. The first-order chi connectivity index (χ1) is 4.22. The zero-order chi connectivity index (χ0) is 6.85. The van der Waals surface area contributed by atoms with E-state index >= 15 is 0 Å². The van der Waals surface area contributed by atoms with Crippen LogP contribution >= 0.6 is 0 Å². The van der Waals surface area contributed by atoms with Crippen LogP contribution in [0.5, 0.6) is 0 Å². The van der Waals surface area contributed by atoms with Crippen molar-refractivity contribution in [1.29, 1.82) is 0 Å². The van der Waals surface area contributed by atoms with Gasteiger partial charge >= 0.3 is 0 Å². The summed E-state index contributed by atoms with van der Waals surface area (Å²) in [6, 6.07) is -0.862. The highest BCUT2D eigenvalue weighted by molar-refractivity contribution is 4.84. The van der Waals surface area contributed by atoms with E-state index in [0.29, 0.717) is 19.3 Å². The molecule has 0 aliphatic heterocycles. The van der Waals surface area contributed by atoms with Gasteiger partial charge in [0.25, 0.3) is 0 Å². The van der Waals surface area contributed by atoms with Crippen molar-refractivity contribution in [1.82, 2.24) is 0 Å². The highest BCUT2D eigenvalue weighted by Crippen LogP contribution is 2.22. The molecule has 0 aromatic carbocycles. The Bertz CT molecular complexity index is 87.1. The van der Waals surface area contributed by atoms with Crippen LogP contribution in [0.4, 0.5) is 8.78 Å². The number of hydrogen-bond acceptors (Lipinski definition) is 1. The van der Waals surface area contributed by atoms with Gasteiger partial charge in [0.1, 0.15) is 12.3 Å². The molecule has 0 amide bonds. The van der Waals surface area contributed by atoms with E-state index in [2.05, 4.69) is 0 Å². The summed E-state index contributed by atoms with van der Waals surface area (Å²) >= 11 is 0. The fourth-order valence-corrected chi connectivity index (χ4v) is 1.12. The Morgan fingerprint density at radius 2 is 1.56 bits per heavy atom. The van der Waals surface area contributed by atoms with Gasteiger partial charge in [-0.2, -0.15) is 0 Å². The number of halogens is 2. The maximum atomic E-state index is 12.5. The number of rotatable bonds is 0. The maximum Gasteiger partial charge on any atom is 0.118 e. The van der Waals surface area contributed by atoms with Gasteiger partial charge in [-0.1, -0.05) is 0 Å². The lowest BCUT2D eigenvalue weighted by molar-refractivity contribution is 0.127. The molecular weight excluding hydrogens is 124 g/mol. The summed E-state index contributed by atoms with van der Waals surface area (Å²) in [5, 5.41) is 0. The molecule has 1 aliphatic carbocycles. The topological polar surface area (TPSA) is 26.0 Å². The lowest BCUT2D eigenvalue weighted by Crippen LogP contribution is -2.43. The Morgan fingerprint density at radius 3 is 1.89 bits per heavy atom. The molecule has 0 radical (unpaired) electrons. The minimum atomic E-state index is -1.12. The fourth-order valence-electron chi connectivity index (χ4n) is 1.12. The Labute approximate surface area is 53.2 Å². The van der Waals surface area contributed by atoms with Crippen molar-refractivity contribution in [2.45, 2.75) is 37.6 Å². The molecule has 1 rings (SSSR count). The summed E-state index contributed by atoms with van der Waals surface area (Å²) in [5.41, 5.74) is 5.17. The predicted octanol–water partition coefficient (Wildman–Crippen LogP) is 1.17. The molecule has 2 N–H and O–H groups in total. The molecule has 0 aromatic rings. The zero-order valence-corrected chi connectivity index (χ0v) is 5.19. The molecule has 9 heavy (non-hydrogen) atoms. The maximum absolute atomic E-state index is 12.5. The number of alkyl halides is 2. The first kappa shape index (κ1) is 6.93. The van der Waals surface area contributed by atoms with Gasteiger partial charge < -0.3 is 5.73 Å². The quantitative estimate of drug-likeness (QED) is 0.530. The summed E-state index contributed by atoms with van der Waals surface area (Å²) in [5.74, 6) is 0. The third-order valence-corrected chi connectivity index (χ3v) is 1.80. The van der Waals surface area contributed by atoms with Gasteiger partial charge in [0.05, 0.1) is 6.04 Å². The summed E-state index contributed by atoms with van der Waals surface area (Å²) in [6.07, 6.45) is -0.735. The van der Waals surface area contributed by atoms with Crippen molar-refractivity contribution >= 4 is 0 Å². The summed E-state index contributed by atoms with van der Waals surface area (Å²) < 4.78 is 24.9. The van der Waals surface area contributed by atoms with E-state index in [9.17, 15) is 8.78 Å². The van der Waals surface area contributed by atoms with Crippen LogP contribution in [0.2, 0.25) is 0 Å². The van der Waals surface area contributed by atoms with E-state index in [1.165, 1.54) is 0 Å². The second-order valence-corrected chi connectivity index (χ2v) is 2.54. The molecule has 1 nitrogen and oxygen atoms in total. The third-order valence-electron chi connectivity index (χ3n) is 1.80.